The van der Waals surface area contributed by atoms with Gasteiger partial charge in [-0.1, -0.05) is 61.9 Å². The first-order chi connectivity index (χ1) is 17.9. The third-order valence-electron chi connectivity index (χ3n) is 6.13. The summed E-state index contributed by atoms with van der Waals surface area (Å²) in [5.41, 5.74) is 3.11. The van der Waals surface area contributed by atoms with Gasteiger partial charge in [0.05, 0.1) is 18.2 Å². The topological polar surface area (TPSA) is 75.7 Å². The van der Waals surface area contributed by atoms with Crippen molar-refractivity contribution < 1.29 is 23.5 Å². The van der Waals surface area contributed by atoms with Crippen LogP contribution >= 0.6 is 11.8 Å². The fraction of sp³-hybridized carbons (Fsp3) is 0.414. The van der Waals surface area contributed by atoms with Gasteiger partial charge in [-0.25, -0.2) is 4.39 Å². The van der Waals surface area contributed by atoms with Crippen LogP contribution in [0.5, 0.6) is 0 Å². The van der Waals surface area contributed by atoms with E-state index >= 15 is 0 Å². The number of carbonyl (C=O) groups excluding carboxylic acids is 3. The van der Waals surface area contributed by atoms with Crippen molar-refractivity contribution in [3.63, 3.8) is 0 Å². The van der Waals surface area contributed by atoms with Crippen molar-refractivity contribution >= 4 is 29.5 Å². The minimum atomic E-state index is -0.286. The normalized spacial score (nSPS) is 14.7. The molecule has 0 aliphatic carbocycles. The van der Waals surface area contributed by atoms with Gasteiger partial charge in [-0.15, -0.1) is 11.8 Å². The van der Waals surface area contributed by atoms with Crippen molar-refractivity contribution in [3.05, 3.63) is 83.7 Å². The average molecular weight is 527 g/mol. The quantitative estimate of drug-likeness (QED) is 0.147. The van der Waals surface area contributed by atoms with Crippen molar-refractivity contribution in [1.82, 2.24) is 10.2 Å². The summed E-state index contributed by atoms with van der Waals surface area (Å²) in [6.07, 6.45) is 7.12. The molecule has 3 rings (SSSR count). The zero-order valence-electron chi connectivity index (χ0n) is 21.1. The van der Waals surface area contributed by atoms with E-state index in [9.17, 15) is 18.8 Å². The summed E-state index contributed by atoms with van der Waals surface area (Å²) in [7, 11) is 0. The molecule has 1 saturated heterocycles. The molecule has 8 heteroatoms. The Labute approximate surface area is 222 Å². The second-order valence-electron chi connectivity index (χ2n) is 9.10. The van der Waals surface area contributed by atoms with E-state index < -0.39 is 0 Å². The third-order valence-corrected chi connectivity index (χ3v) is 7.44. The van der Waals surface area contributed by atoms with Crippen LogP contribution in [0.4, 0.5) is 4.39 Å². The first-order valence-electron chi connectivity index (χ1n) is 12.7. The highest BCUT2D eigenvalue weighted by molar-refractivity contribution is 7.99. The van der Waals surface area contributed by atoms with Crippen LogP contribution in [0.15, 0.2) is 61.2 Å². The molecule has 1 fully saturated rings. The molecule has 0 bridgehead atoms. The van der Waals surface area contributed by atoms with E-state index in [4.69, 9.17) is 4.74 Å². The van der Waals surface area contributed by atoms with Crippen LogP contribution < -0.4 is 5.32 Å². The Balaban J connectivity index is 1.27. The fourth-order valence-electron chi connectivity index (χ4n) is 3.98. The largest absolute Gasteiger partial charge is 0.461 e. The summed E-state index contributed by atoms with van der Waals surface area (Å²) in [5.74, 6) is 0.0937. The van der Waals surface area contributed by atoms with Crippen LogP contribution in [0.25, 0.3) is 0 Å². The molecule has 37 heavy (non-hydrogen) atoms. The summed E-state index contributed by atoms with van der Waals surface area (Å²) >= 11 is 1.64. The van der Waals surface area contributed by atoms with Gasteiger partial charge in [0, 0.05) is 12.3 Å². The predicted octanol–water partition coefficient (Wildman–Crippen LogP) is 4.81. The van der Waals surface area contributed by atoms with Gasteiger partial charge < -0.3 is 15.0 Å². The van der Waals surface area contributed by atoms with Crippen LogP contribution in [-0.2, 0) is 37.7 Å². The molecular weight excluding hydrogens is 491 g/mol. The SMILES string of the molecule is C=CCOC(=O)Cc1ccc(CSC2CC(=O)N2CC(=O)NCCCCCCc2ccc(F)cc2)cc1. The van der Waals surface area contributed by atoms with E-state index in [1.807, 2.05) is 36.4 Å². The number of thioether (sulfide) groups is 1. The summed E-state index contributed by atoms with van der Waals surface area (Å²) in [5, 5.41) is 2.92. The maximum atomic E-state index is 12.9. The summed E-state index contributed by atoms with van der Waals surface area (Å²) in [6, 6.07) is 14.4. The molecule has 0 spiro atoms. The van der Waals surface area contributed by atoms with Crippen LogP contribution in [0, 0.1) is 5.82 Å². The zero-order valence-corrected chi connectivity index (χ0v) is 21.9. The van der Waals surface area contributed by atoms with E-state index in [-0.39, 0.29) is 48.5 Å². The summed E-state index contributed by atoms with van der Waals surface area (Å²) in [6.45, 7) is 4.43. The highest BCUT2D eigenvalue weighted by Crippen LogP contribution is 2.31. The Bertz CT molecular complexity index is 1040. The van der Waals surface area contributed by atoms with E-state index in [1.165, 1.54) is 18.2 Å². The number of β-lactam (4-membered cyclic amide) rings is 1. The lowest BCUT2D eigenvalue weighted by molar-refractivity contribution is -0.145. The monoisotopic (exact) mass is 526 g/mol. The smallest absolute Gasteiger partial charge is 0.310 e. The molecule has 198 valence electrons. The molecule has 1 atom stereocenters. The average Bonchev–Trinajstić information content (AvgIpc) is 2.89. The van der Waals surface area contributed by atoms with E-state index in [0.717, 1.165) is 54.5 Å². The number of rotatable bonds is 16. The number of hydrogen-bond acceptors (Lipinski definition) is 5. The van der Waals surface area contributed by atoms with Crippen LogP contribution in [0.1, 0.15) is 48.8 Å². The van der Waals surface area contributed by atoms with Gasteiger partial charge in [0.25, 0.3) is 0 Å². The summed E-state index contributed by atoms with van der Waals surface area (Å²) in [4.78, 5) is 37.7. The summed E-state index contributed by atoms with van der Waals surface area (Å²) < 4.78 is 17.9. The molecular formula is C29H35FN2O4S. The van der Waals surface area contributed by atoms with Crippen molar-refractivity contribution in [2.24, 2.45) is 0 Å². The Hall–Kier alpha value is -3.13. The number of amides is 2. The minimum absolute atomic E-state index is 0.00160. The van der Waals surface area contributed by atoms with Crippen molar-refractivity contribution in [3.8, 4) is 0 Å². The lowest BCUT2D eigenvalue weighted by atomic mass is 10.1. The van der Waals surface area contributed by atoms with Gasteiger partial charge in [0.15, 0.2) is 0 Å². The molecule has 6 nitrogen and oxygen atoms in total. The molecule has 0 aromatic heterocycles. The zero-order chi connectivity index (χ0) is 26.5. The highest BCUT2D eigenvalue weighted by atomic mass is 32.2. The second kappa shape index (κ2) is 15.2. The number of esters is 1. The second-order valence-corrected chi connectivity index (χ2v) is 10.3. The number of halogens is 1. The molecule has 2 aromatic rings. The number of nitrogens with one attached hydrogen (secondary N) is 1. The lowest BCUT2D eigenvalue weighted by Gasteiger charge is -2.39. The maximum Gasteiger partial charge on any atom is 0.310 e. The molecule has 1 aliphatic rings. The van der Waals surface area contributed by atoms with Gasteiger partial charge in [0.1, 0.15) is 19.0 Å². The van der Waals surface area contributed by atoms with Gasteiger partial charge >= 0.3 is 5.97 Å². The van der Waals surface area contributed by atoms with Crippen molar-refractivity contribution in [1.29, 1.82) is 0 Å². The van der Waals surface area contributed by atoms with Crippen molar-refractivity contribution in [2.45, 2.75) is 56.1 Å². The molecule has 1 aliphatic heterocycles. The van der Waals surface area contributed by atoms with Gasteiger partial charge in [-0.2, -0.15) is 0 Å². The van der Waals surface area contributed by atoms with Gasteiger partial charge in [-0.05, 0) is 48.1 Å². The van der Waals surface area contributed by atoms with Crippen LogP contribution in [0.3, 0.4) is 0 Å². The number of hydrogen-bond donors (Lipinski definition) is 1. The Morgan fingerprint density at radius 2 is 1.70 bits per heavy atom. The molecule has 0 saturated carbocycles. The number of aryl methyl sites for hydroxylation is 1. The minimum Gasteiger partial charge on any atom is -0.461 e. The third kappa shape index (κ3) is 10.0. The highest BCUT2D eigenvalue weighted by Gasteiger charge is 2.37. The predicted molar refractivity (Wildman–Crippen MR) is 144 cm³/mol. The number of nitrogens with zero attached hydrogens (tertiary/aromatic N) is 1. The molecule has 2 aromatic carbocycles. The van der Waals surface area contributed by atoms with Crippen LogP contribution in [-0.4, -0.2) is 47.8 Å². The molecule has 2 amide bonds. The molecule has 1 unspecified atom stereocenters. The Morgan fingerprint density at radius 1 is 1.03 bits per heavy atom. The van der Waals surface area contributed by atoms with E-state index in [0.29, 0.717) is 13.0 Å². The molecule has 1 N–H and O–H groups in total. The maximum absolute atomic E-state index is 12.9. The standard InChI is InChI=1S/C29H35FN2O4S/c1-2-17-36-29(35)18-23-8-10-24(11-9-23)21-37-28-19-27(34)32(28)20-26(33)31-16-6-4-3-5-7-22-12-14-25(30)15-13-22/h2,8-15,28H,1,3-7,16-21H2,(H,31,33). The molecule has 1 heterocycles. The number of benzene rings is 2. The first kappa shape index (κ1) is 28.4. The fourth-order valence-corrected chi connectivity index (χ4v) is 5.19. The number of likely N-dealkylation sites (tertiary alicyclic amines) is 1. The van der Waals surface area contributed by atoms with Gasteiger partial charge in [0.2, 0.25) is 11.8 Å². The Kier molecular flexibility index (Phi) is 11.7. The van der Waals surface area contributed by atoms with Crippen molar-refractivity contribution in [2.75, 3.05) is 19.7 Å². The van der Waals surface area contributed by atoms with Crippen LogP contribution in [0.2, 0.25) is 0 Å². The number of unbranched alkanes of at least 4 members (excludes halogenated alkanes) is 3. The van der Waals surface area contributed by atoms with Gasteiger partial charge in [-0.3, -0.25) is 14.4 Å². The number of ether oxygens (including phenoxy) is 1. The Morgan fingerprint density at radius 3 is 2.41 bits per heavy atom. The number of carbonyl (C=O) groups is 3. The lowest BCUT2D eigenvalue weighted by Crippen LogP contribution is -2.54. The van der Waals surface area contributed by atoms with E-state index in [2.05, 4.69) is 11.9 Å². The first-order valence-corrected chi connectivity index (χ1v) is 13.8. The van der Waals surface area contributed by atoms with E-state index in [1.54, 1.807) is 16.7 Å². The molecule has 0 radical (unpaired) electrons.